The zero-order chi connectivity index (χ0) is 18.3. The molecule has 0 aliphatic carbocycles. The lowest BCUT2D eigenvalue weighted by Gasteiger charge is -2.25. The Balaban J connectivity index is 1.87. The molecule has 4 nitrogen and oxygen atoms in total. The fourth-order valence-electron chi connectivity index (χ4n) is 3.58. The molecule has 1 aliphatic heterocycles. The first-order valence-electron chi connectivity index (χ1n) is 8.42. The van der Waals surface area contributed by atoms with Crippen LogP contribution < -0.4 is 0 Å². The third-order valence-electron chi connectivity index (χ3n) is 4.72. The monoisotopic (exact) mass is 365 g/mol. The number of nitrogens with zero attached hydrogens (tertiary/aromatic N) is 1. The number of phenolic OH excluding ortho intramolecular Hbond substituents is 1. The van der Waals surface area contributed by atoms with Gasteiger partial charge in [-0.3, -0.25) is 0 Å². The van der Waals surface area contributed by atoms with Crippen LogP contribution in [0.5, 0.6) is 5.75 Å². The summed E-state index contributed by atoms with van der Waals surface area (Å²) in [5.74, 6) is -0.0449. The third-order valence-corrected chi connectivity index (χ3v) is 6.51. The van der Waals surface area contributed by atoms with Crippen molar-refractivity contribution in [3.63, 3.8) is 0 Å². The van der Waals surface area contributed by atoms with Crippen molar-refractivity contribution < 1.29 is 13.5 Å². The minimum absolute atomic E-state index is 0.0449. The Bertz CT molecular complexity index is 1040. The molecule has 0 aromatic heterocycles. The second-order valence-corrected chi connectivity index (χ2v) is 8.46. The lowest BCUT2D eigenvalue weighted by atomic mass is 9.99. The Labute approximate surface area is 153 Å². The van der Waals surface area contributed by atoms with Gasteiger partial charge in [-0.2, -0.15) is 4.31 Å². The summed E-state index contributed by atoms with van der Waals surface area (Å²) in [7, 11) is -3.78. The fourth-order valence-corrected chi connectivity index (χ4v) is 5.27. The van der Waals surface area contributed by atoms with E-state index in [1.54, 1.807) is 19.1 Å². The van der Waals surface area contributed by atoms with E-state index in [1.807, 2.05) is 54.6 Å². The van der Waals surface area contributed by atoms with Crippen LogP contribution in [0.1, 0.15) is 28.3 Å². The average Bonchev–Trinajstić information content (AvgIpc) is 3.02. The Morgan fingerprint density at radius 2 is 1.65 bits per heavy atom. The predicted molar refractivity (Wildman–Crippen MR) is 100 cm³/mol. The summed E-state index contributed by atoms with van der Waals surface area (Å²) in [6, 6.07) is 21.5. The van der Waals surface area contributed by atoms with Gasteiger partial charge in [0.05, 0.1) is 10.9 Å². The van der Waals surface area contributed by atoms with Crippen LogP contribution in [0.15, 0.2) is 77.7 Å². The standard InChI is InChI=1S/C21H19NO3S/c1-15-11-18(23)13-19(12-15)26(24,25)22-14-17-9-5-6-10-20(17)21(22)16-7-3-2-4-8-16/h2-13,21,23H,14H2,1H3. The van der Waals surface area contributed by atoms with Gasteiger partial charge in [-0.15, -0.1) is 0 Å². The second kappa shape index (κ2) is 6.27. The maximum Gasteiger partial charge on any atom is 0.244 e. The molecular formula is C21H19NO3S. The lowest BCUT2D eigenvalue weighted by Crippen LogP contribution is -2.30. The van der Waals surface area contributed by atoms with Gasteiger partial charge < -0.3 is 5.11 Å². The van der Waals surface area contributed by atoms with E-state index in [2.05, 4.69) is 0 Å². The van der Waals surface area contributed by atoms with Crippen molar-refractivity contribution >= 4 is 10.0 Å². The van der Waals surface area contributed by atoms with Crippen LogP contribution in [0.25, 0.3) is 0 Å². The van der Waals surface area contributed by atoms with E-state index >= 15 is 0 Å². The van der Waals surface area contributed by atoms with Crippen LogP contribution in [0.3, 0.4) is 0 Å². The molecule has 1 atom stereocenters. The van der Waals surface area contributed by atoms with Gasteiger partial charge >= 0.3 is 0 Å². The molecule has 3 aromatic carbocycles. The average molecular weight is 365 g/mol. The highest BCUT2D eigenvalue weighted by atomic mass is 32.2. The van der Waals surface area contributed by atoms with Crippen LogP contribution in [0, 0.1) is 6.92 Å². The first kappa shape index (κ1) is 16.8. The number of fused-ring (bicyclic) bond motifs is 1. The molecule has 1 N–H and O–H groups in total. The van der Waals surface area contributed by atoms with Crippen LogP contribution in [0.4, 0.5) is 0 Å². The van der Waals surface area contributed by atoms with E-state index in [0.29, 0.717) is 12.1 Å². The van der Waals surface area contributed by atoms with Crippen molar-refractivity contribution in [2.45, 2.75) is 24.4 Å². The molecule has 4 rings (SSSR count). The minimum Gasteiger partial charge on any atom is -0.508 e. The van der Waals surface area contributed by atoms with Crippen molar-refractivity contribution in [2.75, 3.05) is 0 Å². The van der Waals surface area contributed by atoms with Crippen molar-refractivity contribution in [1.82, 2.24) is 4.31 Å². The number of phenols is 1. The number of hydrogen-bond acceptors (Lipinski definition) is 3. The Kier molecular flexibility index (Phi) is 4.05. The molecule has 0 saturated carbocycles. The Morgan fingerprint density at radius 3 is 2.38 bits per heavy atom. The number of aromatic hydroxyl groups is 1. The number of sulfonamides is 1. The first-order valence-corrected chi connectivity index (χ1v) is 9.86. The smallest absolute Gasteiger partial charge is 0.244 e. The summed E-state index contributed by atoms with van der Waals surface area (Å²) >= 11 is 0. The SMILES string of the molecule is Cc1cc(O)cc(S(=O)(=O)N2Cc3ccccc3C2c2ccccc2)c1. The molecule has 0 saturated heterocycles. The van der Waals surface area contributed by atoms with Gasteiger partial charge in [-0.1, -0.05) is 54.6 Å². The predicted octanol–water partition coefficient (Wildman–Crippen LogP) is 3.99. The van der Waals surface area contributed by atoms with Crippen molar-refractivity contribution in [1.29, 1.82) is 0 Å². The molecule has 0 amide bonds. The van der Waals surface area contributed by atoms with E-state index in [4.69, 9.17) is 0 Å². The highest BCUT2D eigenvalue weighted by molar-refractivity contribution is 7.89. The normalized spacial score (nSPS) is 17.2. The summed E-state index contributed by atoms with van der Waals surface area (Å²) in [5.41, 5.74) is 3.63. The van der Waals surface area contributed by atoms with Gasteiger partial charge in [0.15, 0.2) is 0 Å². The molecule has 0 bridgehead atoms. The maximum atomic E-state index is 13.4. The van der Waals surface area contributed by atoms with Gasteiger partial charge in [0.1, 0.15) is 5.75 Å². The second-order valence-electron chi connectivity index (χ2n) is 6.57. The summed E-state index contributed by atoms with van der Waals surface area (Å²) < 4.78 is 28.3. The van der Waals surface area contributed by atoms with Gasteiger partial charge in [0.2, 0.25) is 10.0 Å². The van der Waals surface area contributed by atoms with Crippen LogP contribution in [-0.2, 0) is 16.6 Å². The largest absolute Gasteiger partial charge is 0.508 e. The van der Waals surface area contributed by atoms with Crippen molar-refractivity contribution in [2.24, 2.45) is 0 Å². The molecule has 0 spiro atoms. The highest BCUT2D eigenvalue weighted by Gasteiger charge is 2.39. The summed E-state index contributed by atoms with van der Waals surface area (Å²) in [4.78, 5) is 0.115. The lowest BCUT2D eigenvalue weighted by molar-refractivity contribution is 0.387. The summed E-state index contributed by atoms with van der Waals surface area (Å²) in [6.07, 6.45) is 0. The number of rotatable bonds is 3. The molecule has 26 heavy (non-hydrogen) atoms. The van der Waals surface area contributed by atoms with Crippen LogP contribution >= 0.6 is 0 Å². The molecule has 132 valence electrons. The molecule has 3 aromatic rings. The summed E-state index contributed by atoms with van der Waals surface area (Å²) in [6.45, 7) is 2.08. The quantitative estimate of drug-likeness (QED) is 0.763. The summed E-state index contributed by atoms with van der Waals surface area (Å²) in [5, 5.41) is 9.87. The number of hydrogen-bond donors (Lipinski definition) is 1. The van der Waals surface area contributed by atoms with Gasteiger partial charge in [-0.25, -0.2) is 8.42 Å². The van der Waals surface area contributed by atoms with E-state index < -0.39 is 10.0 Å². The Morgan fingerprint density at radius 1 is 0.962 bits per heavy atom. The van der Waals surface area contributed by atoms with Crippen molar-refractivity contribution in [3.05, 3.63) is 95.1 Å². The van der Waals surface area contributed by atoms with Crippen molar-refractivity contribution in [3.8, 4) is 5.75 Å². The zero-order valence-electron chi connectivity index (χ0n) is 14.3. The van der Waals surface area contributed by atoms with Crippen LogP contribution in [0.2, 0.25) is 0 Å². The van der Waals surface area contributed by atoms with Crippen LogP contribution in [-0.4, -0.2) is 17.8 Å². The molecule has 1 heterocycles. The van der Waals surface area contributed by atoms with E-state index in [0.717, 1.165) is 16.7 Å². The topological polar surface area (TPSA) is 57.6 Å². The molecule has 0 radical (unpaired) electrons. The molecule has 1 aliphatic rings. The van der Waals surface area contributed by atoms with Gasteiger partial charge in [-0.05, 0) is 47.4 Å². The van der Waals surface area contributed by atoms with Gasteiger partial charge in [0.25, 0.3) is 0 Å². The number of aryl methyl sites for hydroxylation is 1. The van der Waals surface area contributed by atoms with E-state index in [9.17, 15) is 13.5 Å². The molecule has 5 heteroatoms. The molecule has 0 fully saturated rings. The highest BCUT2D eigenvalue weighted by Crippen LogP contribution is 2.42. The fraction of sp³-hybridized carbons (Fsp3) is 0.143. The maximum absolute atomic E-state index is 13.4. The van der Waals surface area contributed by atoms with Gasteiger partial charge in [0, 0.05) is 6.54 Å². The zero-order valence-corrected chi connectivity index (χ0v) is 15.1. The van der Waals surface area contributed by atoms with E-state index in [-0.39, 0.29) is 16.7 Å². The molecule has 1 unspecified atom stereocenters. The third kappa shape index (κ3) is 2.79. The van der Waals surface area contributed by atoms with E-state index in [1.165, 1.54) is 10.4 Å². The first-order chi connectivity index (χ1) is 12.5. The number of benzene rings is 3. The Hall–Kier alpha value is -2.63. The molecular weight excluding hydrogens is 346 g/mol. The minimum atomic E-state index is -3.78.